The zero-order valence-electron chi connectivity index (χ0n) is 17.8. The Morgan fingerprint density at radius 2 is 2.16 bits per heavy atom. The van der Waals surface area contributed by atoms with Gasteiger partial charge < -0.3 is 20.1 Å². The third-order valence-electron chi connectivity index (χ3n) is 5.07. The first kappa shape index (κ1) is 24.1. The smallest absolute Gasteiger partial charge is 0.419 e. The van der Waals surface area contributed by atoms with Crippen LogP contribution >= 0.6 is 11.3 Å². The molecular formula is C21H25F3N4O3S. The van der Waals surface area contributed by atoms with Crippen molar-refractivity contribution in [1.82, 2.24) is 15.6 Å². The minimum Gasteiger partial charge on any atom is -0.489 e. The topological polar surface area (TPSA) is 84.8 Å². The highest BCUT2D eigenvalue weighted by atomic mass is 32.1. The van der Waals surface area contributed by atoms with Gasteiger partial charge in [0.25, 0.3) is 0 Å². The Kier molecular flexibility index (Phi) is 7.86. The molecule has 32 heavy (non-hydrogen) atoms. The maximum atomic E-state index is 14.0. The molecule has 2 aromatic rings. The van der Waals surface area contributed by atoms with Crippen LogP contribution in [0.5, 0.6) is 5.75 Å². The van der Waals surface area contributed by atoms with E-state index in [2.05, 4.69) is 27.3 Å². The number of halogens is 3. The van der Waals surface area contributed by atoms with E-state index in [1.54, 1.807) is 5.38 Å². The van der Waals surface area contributed by atoms with Crippen LogP contribution in [0.4, 0.5) is 18.9 Å². The zero-order valence-corrected chi connectivity index (χ0v) is 18.6. The fourth-order valence-corrected chi connectivity index (χ4v) is 4.40. The van der Waals surface area contributed by atoms with E-state index < -0.39 is 29.0 Å². The standard InChI is InChI=1S/C21H25F3N4O3S/c1-4-30-20(29)14-9-15(19-27-7-8-32-19)18(17(26-3)16(14)21(22,23)24)31-11-13-6-5-12(28-13)10-25-2/h7-9,12-13,25,28H,3-6,10-11H2,1-2H3. The molecule has 11 heteroatoms. The number of rotatable bonds is 9. The molecule has 0 aliphatic carbocycles. The van der Waals surface area contributed by atoms with Crippen LogP contribution in [0, 0.1) is 0 Å². The molecule has 1 fully saturated rings. The van der Waals surface area contributed by atoms with E-state index in [1.165, 1.54) is 24.5 Å². The summed E-state index contributed by atoms with van der Waals surface area (Å²) in [5.41, 5.74) is -2.18. The first-order chi connectivity index (χ1) is 15.3. The van der Waals surface area contributed by atoms with Crippen LogP contribution in [0.1, 0.15) is 35.7 Å². The highest BCUT2D eigenvalue weighted by Crippen LogP contribution is 2.49. The molecule has 1 aromatic carbocycles. The lowest BCUT2D eigenvalue weighted by Gasteiger charge is -2.22. The summed E-state index contributed by atoms with van der Waals surface area (Å²) in [6, 6.07) is 1.35. The second kappa shape index (κ2) is 10.4. The predicted octanol–water partition coefficient (Wildman–Crippen LogP) is 4.06. The van der Waals surface area contributed by atoms with Crippen LogP contribution < -0.4 is 15.4 Å². The Bertz CT molecular complexity index is 951. The van der Waals surface area contributed by atoms with Gasteiger partial charge in [-0.2, -0.15) is 13.2 Å². The SMILES string of the molecule is C=Nc1c(OCC2CCC(CNC)N2)c(-c2nccs2)cc(C(=O)OCC)c1C(F)(F)F. The summed E-state index contributed by atoms with van der Waals surface area (Å²) in [5.74, 6) is -1.20. The molecule has 0 radical (unpaired) electrons. The zero-order chi connectivity index (χ0) is 23.3. The predicted molar refractivity (Wildman–Crippen MR) is 117 cm³/mol. The fourth-order valence-electron chi connectivity index (χ4n) is 3.74. The Morgan fingerprint density at radius 1 is 1.41 bits per heavy atom. The Hall–Kier alpha value is -2.50. The van der Waals surface area contributed by atoms with E-state index in [9.17, 15) is 18.0 Å². The number of carbonyl (C=O) groups is 1. The van der Waals surface area contributed by atoms with Gasteiger partial charge in [-0.25, -0.2) is 9.78 Å². The van der Waals surface area contributed by atoms with Crippen molar-refractivity contribution in [2.75, 3.05) is 26.8 Å². The molecule has 1 aliphatic heterocycles. The van der Waals surface area contributed by atoms with Gasteiger partial charge >= 0.3 is 12.1 Å². The van der Waals surface area contributed by atoms with Crippen LogP contribution in [0.15, 0.2) is 22.6 Å². The quantitative estimate of drug-likeness (QED) is 0.425. The molecule has 174 valence electrons. The number of aromatic nitrogens is 1. The molecule has 3 rings (SSSR count). The highest BCUT2D eigenvalue weighted by molar-refractivity contribution is 7.13. The minimum absolute atomic E-state index is 0.0331. The normalized spacial score (nSPS) is 18.5. The van der Waals surface area contributed by atoms with Crippen LogP contribution in [-0.4, -0.2) is 56.6 Å². The molecule has 0 amide bonds. The molecular weight excluding hydrogens is 445 g/mol. The second-order valence-corrected chi connectivity index (χ2v) is 8.14. The van der Waals surface area contributed by atoms with Gasteiger partial charge in [-0.3, -0.25) is 4.99 Å². The van der Waals surface area contributed by atoms with E-state index in [1.807, 2.05) is 7.05 Å². The number of ether oxygens (including phenoxy) is 2. The number of likely N-dealkylation sites (N-methyl/N-ethyl adjacent to an activating group) is 1. The number of esters is 1. The van der Waals surface area contributed by atoms with Crippen molar-refractivity contribution in [2.24, 2.45) is 4.99 Å². The van der Waals surface area contributed by atoms with E-state index in [0.717, 1.165) is 25.5 Å². The van der Waals surface area contributed by atoms with E-state index in [4.69, 9.17) is 9.47 Å². The molecule has 1 aromatic heterocycles. The number of aliphatic imine (C=N–C) groups is 1. The van der Waals surface area contributed by atoms with Gasteiger partial charge in [0.15, 0.2) is 5.75 Å². The Labute approximate surface area is 188 Å². The van der Waals surface area contributed by atoms with Gasteiger partial charge in [-0.15, -0.1) is 11.3 Å². The summed E-state index contributed by atoms with van der Waals surface area (Å²) in [7, 11) is 1.86. The average Bonchev–Trinajstić information content (AvgIpc) is 3.43. The molecule has 0 spiro atoms. The number of hydrogen-bond acceptors (Lipinski definition) is 8. The monoisotopic (exact) mass is 470 g/mol. The lowest BCUT2D eigenvalue weighted by Crippen LogP contribution is -2.38. The van der Waals surface area contributed by atoms with Gasteiger partial charge in [0.05, 0.1) is 23.3 Å². The number of alkyl halides is 3. The van der Waals surface area contributed by atoms with E-state index in [-0.39, 0.29) is 36.6 Å². The minimum atomic E-state index is -4.87. The van der Waals surface area contributed by atoms with Crippen molar-refractivity contribution >= 4 is 29.7 Å². The lowest BCUT2D eigenvalue weighted by molar-refractivity contribution is -0.137. The van der Waals surface area contributed by atoms with Gasteiger partial charge in [-0.1, -0.05) is 0 Å². The maximum absolute atomic E-state index is 14.0. The molecule has 1 saturated heterocycles. The van der Waals surface area contributed by atoms with Crippen molar-refractivity contribution < 1.29 is 27.4 Å². The largest absolute Gasteiger partial charge is 0.489 e. The van der Waals surface area contributed by atoms with Crippen molar-refractivity contribution in [3.8, 4) is 16.3 Å². The van der Waals surface area contributed by atoms with Crippen molar-refractivity contribution in [3.05, 3.63) is 28.8 Å². The molecule has 0 saturated carbocycles. The van der Waals surface area contributed by atoms with Crippen LogP contribution in [0.3, 0.4) is 0 Å². The molecule has 1 aliphatic rings. The van der Waals surface area contributed by atoms with Crippen LogP contribution in [0.2, 0.25) is 0 Å². The van der Waals surface area contributed by atoms with E-state index in [0.29, 0.717) is 5.01 Å². The number of benzene rings is 1. The molecule has 2 atom stereocenters. The number of thiazole rings is 1. The summed E-state index contributed by atoms with van der Waals surface area (Å²) in [6.45, 7) is 5.70. The number of nitrogens with zero attached hydrogens (tertiary/aromatic N) is 2. The molecule has 2 heterocycles. The highest BCUT2D eigenvalue weighted by Gasteiger charge is 2.41. The number of carbonyl (C=O) groups excluding carboxylic acids is 1. The lowest BCUT2D eigenvalue weighted by atomic mass is 9.99. The second-order valence-electron chi connectivity index (χ2n) is 7.24. The van der Waals surface area contributed by atoms with Crippen LogP contribution in [-0.2, 0) is 10.9 Å². The fraction of sp³-hybridized carbons (Fsp3) is 0.476. The summed E-state index contributed by atoms with van der Waals surface area (Å²) in [5, 5.41) is 8.58. The third-order valence-corrected chi connectivity index (χ3v) is 5.87. The molecule has 2 N–H and O–H groups in total. The Balaban J connectivity index is 2.07. The Morgan fingerprint density at radius 3 is 2.75 bits per heavy atom. The maximum Gasteiger partial charge on any atom is 0.419 e. The van der Waals surface area contributed by atoms with Gasteiger partial charge in [0.2, 0.25) is 0 Å². The number of hydrogen-bond donors (Lipinski definition) is 2. The summed E-state index contributed by atoms with van der Waals surface area (Å²) in [4.78, 5) is 20.3. The first-order valence-electron chi connectivity index (χ1n) is 10.1. The van der Waals surface area contributed by atoms with Crippen molar-refractivity contribution in [2.45, 2.75) is 38.0 Å². The van der Waals surface area contributed by atoms with E-state index >= 15 is 0 Å². The van der Waals surface area contributed by atoms with Crippen LogP contribution in [0.25, 0.3) is 10.6 Å². The molecule has 2 unspecified atom stereocenters. The van der Waals surface area contributed by atoms with Crippen molar-refractivity contribution in [3.63, 3.8) is 0 Å². The van der Waals surface area contributed by atoms with Gasteiger partial charge in [-0.05, 0) is 39.6 Å². The summed E-state index contributed by atoms with van der Waals surface area (Å²) < 4.78 is 52.9. The molecule has 0 bridgehead atoms. The molecule has 7 nitrogen and oxygen atoms in total. The van der Waals surface area contributed by atoms with Gasteiger partial charge in [0.1, 0.15) is 17.3 Å². The number of nitrogens with one attached hydrogen (secondary N) is 2. The van der Waals surface area contributed by atoms with Gasteiger partial charge in [0, 0.05) is 30.2 Å². The summed E-state index contributed by atoms with van der Waals surface area (Å²) >= 11 is 1.21. The average molecular weight is 471 g/mol. The summed E-state index contributed by atoms with van der Waals surface area (Å²) in [6.07, 6.45) is -1.60. The first-order valence-corrected chi connectivity index (χ1v) is 11.0. The third kappa shape index (κ3) is 5.28. The van der Waals surface area contributed by atoms with Crippen molar-refractivity contribution in [1.29, 1.82) is 0 Å².